The molecule has 0 aromatic carbocycles. The number of nitrogens with zero attached hydrogens (tertiary/aromatic N) is 2. The van der Waals surface area contributed by atoms with E-state index in [9.17, 15) is 32.1 Å². The van der Waals surface area contributed by atoms with Gasteiger partial charge in [-0.05, 0) is 22.6 Å². The molecule has 0 bridgehead atoms. The van der Waals surface area contributed by atoms with Crippen LogP contribution in [-0.4, -0.2) is 9.91 Å². The van der Waals surface area contributed by atoms with E-state index in [0.717, 1.165) is 22.6 Å². The molecule has 1 rings (SSSR count). The van der Waals surface area contributed by atoms with Crippen LogP contribution in [-0.2, 0) is 6.18 Å². The van der Waals surface area contributed by atoms with Crippen molar-refractivity contribution >= 4 is 28.3 Å². The van der Waals surface area contributed by atoms with Gasteiger partial charge in [0.15, 0.2) is 5.69 Å². The Bertz CT molecular complexity index is 462. The highest BCUT2D eigenvalue weighted by Crippen LogP contribution is 2.37. The minimum absolute atomic E-state index is 0.335. The molecule has 1 aromatic rings. The van der Waals surface area contributed by atoms with E-state index in [4.69, 9.17) is 0 Å². The van der Waals surface area contributed by atoms with Crippen molar-refractivity contribution in [2.45, 2.75) is 12.6 Å². The monoisotopic (exact) mass is 368 g/mol. The van der Waals surface area contributed by atoms with Gasteiger partial charge in [0.05, 0.1) is 4.92 Å². The molecule has 0 radical (unpaired) electrons. The van der Waals surface area contributed by atoms with Crippen molar-refractivity contribution in [3.8, 4) is 0 Å². The summed E-state index contributed by atoms with van der Waals surface area (Å²) in [6.45, 7) is 0. The summed E-state index contributed by atoms with van der Waals surface area (Å²) >= 11 is 1.05. The summed E-state index contributed by atoms with van der Waals surface area (Å²) in [4.78, 5) is 12.0. The van der Waals surface area contributed by atoms with Gasteiger partial charge in [-0.15, -0.1) is 0 Å². The summed E-state index contributed by atoms with van der Waals surface area (Å²) in [7, 11) is 0. The number of halogens is 6. The first kappa shape index (κ1) is 14.0. The quantitative estimate of drug-likeness (QED) is 0.347. The van der Waals surface area contributed by atoms with Gasteiger partial charge in [0.1, 0.15) is 9.26 Å². The zero-order valence-corrected chi connectivity index (χ0v) is 9.79. The lowest BCUT2D eigenvalue weighted by atomic mass is 10.2. The van der Waals surface area contributed by atoms with Crippen molar-refractivity contribution in [1.29, 1.82) is 0 Å². The van der Waals surface area contributed by atoms with E-state index >= 15 is 0 Å². The van der Waals surface area contributed by atoms with Crippen LogP contribution >= 0.6 is 22.6 Å². The Balaban J connectivity index is 3.55. The zero-order valence-electron chi connectivity index (χ0n) is 7.63. The van der Waals surface area contributed by atoms with Crippen LogP contribution in [0.1, 0.15) is 17.8 Å². The molecule has 0 saturated carbocycles. The van der Waals surface area contributed by atoms with Crippen LogP contribution in [0.2, 0.25) is 0 Å². The van der Waals surface area contributed by atoms with Gasteiger partial charge in [-0.1, -0.05) is 0 Å². The van der Waals surface area contributed by atoms with Crippen LogP contribution in [0.3, 0.4) is 0 Å². The molecule has 0 aliphatic rings. The molecule has 1 aromatic heterocycles. The molecule has 0 fully saturated rings. The standard InChI is InChI=1S/C7H2F5IN2O2/c8-6(9)2-1-3(15(16)17)4(13)5(14-2)7(10,11)12/h1,6H. The Morgan fingerprint density at radius 1 is 1.41 bits per heavy atom. The van der Waals surface area contributed by atoms with Crippen molar-refractivity contribution in [2.75, 3.05) is 0 Å². The lowest BCUT2D eigenvalue weighted by Gasteiger charge is -2.10. The van der Waals surface area contributed by atoms with E-state index < -0.39 is 38.2 Å². The van der Waals surface area contributed by atoms with E-state index in [1.165, 1.54) is 0 Å². The van der Waals surface area contributed by atoms with Gasteiger partial charge in [0.25, 0.3) is 12.1 Å². The molecule has 0 atom stereocenters. The molecule has 0 aliphatic heterocycles. The average Bonchev–Trinajstić information content (AvgIpc) is 2.15. The SMILES string of the molecule is O=[N+]([O-])c1cc(C(F)F)nc(C(F)(F)F)c1I. The lowest BCUT2D eigenvalue weighted by Crippen LogP contribution is -2.14. The van der Waals surface area contributed by atoms with E-state index in [1.807, 2.05) is 0 Å². The molecular formula is C7H2F5IN2O2. The fourth-order valence-electron chi connectivity index (χ4n) is 0.968. The second kappa shape index (κ2) is 4.66. The predicted molar refractivity (Wildman–Crippen MR) is 53.6 cm³/mol. The van der Waals surface area contributed by atoms with Crippen molar-refractivity contribution in [1.82, 2.24) is 4.98 Å². The van der Waals surface area contributed by atoms with Gasteiger partial charge in [0.2, 0.25) is 0 Å². The maximum Gasteiger partial charge on any atom is 0.434 e. The van der Waals surface area contributed by atoms with Crippen molar-refractivity contribution in [2.24, 2.45) is 0 Å². The minimum Gasteiger partial charge on any atom is -0.258 e. The van der Waals surface area contributed by atoms with E-state index in [2.05, 4.69) is 4.98 Å². The Morgan fingerprint density at radius 2 is 1.94 bits per heavy atom. The summed E-state index contributed by atoms with van der Waals surface area (Å²) in [5.41, 5.74) is -3.99. The highest BCUT2D eigenvalue weighted by atomic mass is 127. The van der Waals surface area contributed by atoms with Gasteiger partial charge >= 0.3 is 6.18 Å². The molecule has 0 spiro atoms. The molecule has 0 N–H and O–H groups in total. The molecule has 0 unspecified atom stereocenters. The van der Waals surface area contributed by atoms with Gasteiger partial charge in [-0.3, -0.25) is 10.1 Å². The highest BCUT2D eigenvalue weighted by molar-refractivity contribution is 14.1. The third-order valence-electron chi connectivity index (χ3n) is 1.65. The molecule has 4 nitrogen and oxygen atoms in total. The predicted octanol–water partition coefficient (Wildman–Crippen LogP) is 3.55. The number of pyridine rings is 1. The number of nitro groups is 1. The third kappa shape index (κ3) is 2.98. The van der Waals surface area contributed by atoms with Crippen LogP contribution in [0, 0.1) is 13.7 Å². The summed E-state index contributed by atoms with van der Waals surface area (Å²) < 4.78 is 60.9. The maximum absolute atomic E-state index is 12.4. The smallest absolute Gasteiger partial charge is 0.258 e. The van der Waals surface area contributed by atoms with E-state index in [-0.39, 0.29) is 0 Å². The Morgan fingerprint density at radius 3 is 2.29 bits per heavy atom. The largest absolute Gasteiger partial charge is 0.434 e. The van der Waals surface area contributed by atoms with Crippen LogP contribution in [0.15, 0.2) is 6.07 Å². The van der Waals surface area contributed by atoms with Crippen LogP contribution in [0.25, 0.3) is 0 Å². The summed E-state index contributed by atoms with van der Waals surface area (Å²) in [5.74, 6) is 0. The first-order chi connectivity index (χ1) is 7.64. The summed E-state index contributed by atoms with van der Waals surface area (Å²) in [5, 5.41) is 10.4. The van der Waals surface area contributed by atoms with Crippen molar-refractivity contribution < 1.29 is 26.9 Å². The number of rotatable bonds is 2. The zero-order chi connectivity index (χ0) is 13.4. The third-order valence-corrected chi connectivity index (χ3v) is 2.71. The van der Waals surface area contributed by atoms with Crippen LogP contribution in [0.5, 0.6) is 0 Å². The van der Waals surface area contributed by atoms with Gasteiger partial charge in [-0.25, -0.2) is 13.8 Å². The second-order valence-electron chi connectivity index (χ2n) is 2.78. The normalized spacial score (nSPS) is 11.9. The Kier molecular flexibility index (Phi) is 3.84. The molecule has 94 valence electrons. The summed E-state index contributed by atoms with van der Waals surface area (Å²) in [6.07, 6.45) is -8.33. The lowest BCUT2D eigenvalue weighted by molar-refractivity contribution is -0.386. The average molecular weight is 368 g/mol. The first-order valence-electron chi connectivity index (χ1n) is 3.84. The Hall–Kier alpha value is -1.07. The molecule has 10 heteroatoms. The van der Waals surface area contributed by atoms with Crippen molar-refractivity contribution in [3.63, 3.8) is 0 Å². The summed E-state index contributed by atoms with van der Waals surface area (Å²) in [6, 6.07) is 0.335. The molecule has 0 saturated heterocycles. The molecular weight excluding hydrogens is 366 g/mol. The van der Waals surface area contributed by atoms with E-state index in [0.29, 0.717) is 6.07 Å². The van der Waals surface area contributed by atoms with E-state index in [1.54, 1.807) is 0 Å². The number of hydrogen-bond donors (Lipinski definition) is 0. The number of hydrogen-bond acceptors (Lipinski definition) is 3. The topological polar surface area (TPSA) is 56.0 Å². The Labute approximate surface area is 104 Å². The van der Waals surface area contributed by atoms with Crippen molar-refractivity contribution in [3.05, 3.63) is 31.1 Å². The van der Waals surface area contributed by atoms with Crippen LogP contribution in [0.4, 0.5) is 27.6 Å². The highest BCUT2D eigenvalue weighted by Gasteiger charge is 2.39. The molecule has 0 amide bonds. The second-order valence-corrected chi connectivity index (χ2v) is 3.86. The molecule has 1 heterocycles. The fourth-order valence-corrected chi connectivity index (χ4v) is 1.75. The number of alkyl halides is 5. The number of aromatic nitrogens is 1. The maximum atomic E-state index is 12.4. The molecule has 17 heavy (non-hydrogen) atoms. The fraction of sp³-hybridized carbons (Fsp3) is 0.286. The van der Waals surface area contributed by atoms with Gasteiger partial charge < -0.3 is 0 Å². The van der Waals surface area contributed by atoms with Gasteiger partial charge in [0, 0.05) is 6.07 Å². The first-order valence-corrected chi connectivity index (χ1v) is 4.92. The molecule has 0 aliphatic carbocycles. The van der Waals surface area contributed by atoms with Crippen LogP contribution < -0.4 is 0 Å². The van der Waals surface area contributed by atoms with Gasteiger partial charge in [-0.2, -0.15) is 13.2 Å². The minimum atomic E-state index is -5.02.